The molecule has 98 valence electrons. The molecule has 0 radical (unpaired) electrons. The SMILES string of the molecule is O=C(O)CN(Cc1ccccn1)c1ccc(Cl)cc1. The quantitative estimate of drug-likeness (QED) is 0.912. The van der Waals surface area contributed by atoms with Crippen LogP contribution in [0.1, 0.15) is 5.69 Å². The highest BCUT2D eigenvalue weighted by Gasteiger charge is 2.11. The Bertz CT molecular complexity index is 543. The van der Waals surface area contributed by atoms with E-state index in [2.05, 4.69) is 4.98 Å². The van der Waals surface area contributed by atoms with Crippen LogP contribution in [0.5, 0.6) is 0 Å². The van der Waals surface area contributed by atoms with Crippen molar-refractivity contribution >= 4 is 23.3 Å². The molecule has 0 aliphatic heterocycles. The Balaban J connectivity index is 2.20. The van der Waals surface area contributed by atoms with Crippen molar-refractivity contribution in [3.8, 4) is 0 Å². The van der Waals surface area contributed by atoms with Crippen molar-refractivity contribution in [1.29, 1.82) is 0 Å². The van der Waals surface area contributed by atoms with Gasteiger partial charge in [0.2, 0.25) is 0 Å². The number of benzene rings is 1. The van der Waals surface area contributed by atoms with Crippen LogP contribution in [0, 0.1) is 0 Å². The van der Waals surface area contributed by atoms with Gasteiger partial charge in [0.25, 0.3) is 0 Å². The summed E-state index contributed by atoms with van der Waals surface area (Å²) in [5.74, 6) is -0.883. The smallest absolute Gasteiger partial charge is 0.323 e. The van der Waals surface area contributed by atoms with E-state index in [1.165, 1.54) is 0 Å². The van der Waals surface area contributed by atoms with E-state index < -0.39 is 5.97 Å². The van der Waals surface area contributed by atoms with Gasteiger partial charge in [-0.2, -0.15) is 0 Å². The van der Waals surface area contributed by atoms with Gasteiger partial charge in [-0.3, -0.25) is 9.78 Å². The molecule has 1 N–H and O–H groups in total. The highest BCUT2D eigenvalue weighted by Crippen LogP contribution is 2.19. The Hall–Kier alpha value is -2.07. The molecule has 0 aliphatic rings. The summed E-state index contributed by atoms with van der Waals surface area (Å²) in [6.07, 6.45) is 1.69. The van der Waals surface area contributed by atoms with Crippen LogP contribution < -0.4 is 4.90 Å². The van der Waals surface area contributed by atoms with Crippen LogP contribution in [-0.4, -0.2) is 22.6 Å². The fraction of sp³-hybridized carbons (Fsp3) is 0.143. The normalized spacial score (nSPS) is 10.2. The monoisotopic (exact) mass is 276 g/mol. The maximum Gasteiger partial charge on any atom is 0.323 e. The molecular formula is C14H13ClN2O2. The van der Waals surface area contributed by atoms with E-state index in [0.29, 0.717) is 11.6 Å². The molecule has 0 saturated carbocycles. The van der Waals surface area contributed by atoms with Gasteiger partial charge in [0.15, 0.2) is 0 Å². The summed E-state index contributed by atoms with van der Waals surface area (Å²) in [5, 5.41) is 9.61. The lowest BCUT2D eigenvalue weighted by atomic mass is 10.2. The number of aliphatic carboxylic acids is 1. The van der Waals surface area contributed by atoms with Gasteiger partial charge < -0.3 is 10.0 Å². The standard InChI is InChI=1S/C14H13ClN2O2/c15-11-4-6-13(7-5-11)17(10-14(18)19)9-12-3-1-2-8-16-12/h1-8H,9-10H2,(H,18,19). The van der Waals surface area contributed by atoms with E-state index in [0.717, 1.165) is 11.4 Å². The zero-order valence-corrected chi connectivity index (χ0v) is 10.9. The fourth-order valence-electron chi connectivity index (χ4n) is 1.74. The Labute approximate surface area is 116 Å². The van der Waals surface area contributed by atoms with Crippen LogP contribution in [0.2, 0.25) is 5.02 Å². The second kappa shape index (κ2) is 6.20. The van der Waals surface area contributed by atoms with Crippen molar-refractivity contribution in [2.24, 2.45) is 0 Å². The lowest BCUT2D eigenvalue weighted by Crippen LogP contribution is -2.29. The second-order valence-electron chi connectivity index (χ2n) is 4.05. The van der Waals surface area contributed by atoms with E-state index in [-0.39, 0.29) is 6.54 Å². The molecule has 0 bridgehead atoms. The maximum atomic E-state index is 11.0. The molecule has 4 nitrogen and oxygen atoms in total. The van der Waals surface area contributed by atoms with Gasteiger partial charge in [-0.15, -0.1) is 0 Å². The minimum atomic E-state index is -0.883. The third kappa shape index (κ3) is 3.96. The van der Waals surface area contributed by atoms with Crippen LogP contribution in [0.15, 0.2) is 48.7 Å². The topological polar surface area (TPSA) is 53.4 Å². The molecule has 19 heavy (non-hydrogen) atoms. The third-order valence-corrected chi connectivity index (χ3v) is 2.85. The number of hydrogen-bond donors (Lipinski definition) is 1. The molecule has 0 saturated heterocycles. The van der Waals surface area contributed by atoms with Crippen LogP contribution >= 0.6 is 11.6 Å². The number of pyridine rings is 1. The van der Waals surface area contributed by atoms with Crippen molar-refractivity contribution < 1.29 is 9.90 Å². The van der Waals surface area contributed by atoms with E-state index >= 15 is 0 Å². The Kier molecular flexibility index (Phi) is 4.36. The second-order valence-corrected chi connectivity index (χ2v) is 4.48. The van der Waals surface area contributed by atoms with E-state index in [9.17, 15) is 4.79 Å². The minimum Gasteiger partial charge on any atom is -0.480 e. The summed E-state index contributed by atoms with van der Waals surface area (Å²) in [4.78, 5) is 16.9. The number of hydrogen-bond acceptors (Lipinski definition) is 3. The van der Waals surface area contributed by atoms with Crippen molar-refractivity contribution in [2.45, 2.75) is 6.54 Å². The molecule has 0 aliphatic carbocycles. The molecule has 1 aromatic heterocycles. The number of halogens is 1. The molecule has 0 atom stereocenters. The summed E-state index contributed by atoms with van der Waals surface area (Å²) in [5.41, 5.74) is 1.62. The molecule has 0 fully saturated rings. The average molecular weight is 277 g/mol. The molecule has 0 unspecified atom stereocenters. The van der Waals surface area contributed by atoms with E-state index in [1.807, 2.05) is 18.2 Å². The first-order valence-corrected chi connectivity index (χ1v) is 6.15. The molecule has 5 heteroatoms. The average Bonchev–Trinajstić information content (AvgIpc) is 2.39. The summed E-state index contributed by atoms with van der Waals surface area (Å²) < 4.78 is 0. The van der Waals surface area contributed by atoms with Crippen LogP contribution in [0.25, 0.3) is 0 Å². The largest absolute Gasteiger partial charge is 0.480 e. The predicted molar refractivity (Wildman–Crippen MR) is 74.4 cm³/mol. The molecule has 1 aromatic carbocycles. The van der Waals surface area contributed by atoms with Gasteiger partial charge >= 0.3 is 5.97 Å². The summed E-state index contributed by atoms with van der Waals surface area (Å²) in [6, 6.07) is 12.7. The predicted octanol–water partition coefficient (Wildman–Crippen LogP) is 2.83. The first-order valence-electron chi connectivity index (χ1n) is 5.77. The van der Waals surface area contributed by atoms with Crippen molar-refractivity contribution in [1.82, 2.24) is 4.98 Å². The molecule has 0 amide bonds. The van der Waals surface area contributed by atoms with Crippen molar-refractivity contribution in [3.63, 3.8) is 0 Å². The summed E-state index contributed by atoms with van der Waals surface area (Å²) in [7, 11) is 0. The number of carboxylic acid groups (broad SMARTS) is 1. The third-order valence-electron chi connectivity index (χ3n) is 2.60. The van der Waals surface area contributed by atoms with Crippen LogP contribution in [-0.2, 0) is 11.3 Å². The van der Waals surface area contributed by atoms with Gasteiger partial charge in [-0.25, -0.2) is 0 Å². The highest BCUT2D eigenvalue weighted by atomic mass is 35.5. The first-order chi connectivity index (χ1) is 9.15. The summed E-state index contributed by atoms with van der Waals surface area (Å²) >= 11 is 5.84. The first kappa shape index (κ1) is 13.4. The number of nitrogens with zero attached hydrogens (tertiary/aromatic N) is 2. The number of anilines is 1. The van der Waals surface area contributed by atoms with Gasteiger partial charge in [0, 0.05) is 16.9 Å². The Morgan fingerprint density at radius 2 is 1.95 bits per heavy atom. The Morgan fingerprint density at radius 1 is 1.21 bits per heavy atom. The minimum absolute atomic E-state index is 0.0851. The molecular weight excluding hydrogens is 264 g/mol. The Morgan fingerprint density at radius 3 is 2.53 bits per heavy atom. The highest BCUT2D eigenvalue weighted by molar-refractivity contribution is 6.30. The van der Waals surface area contributed by atoms with Gasteiger partial charge in [-0.05, 0) is 36.4 Å². The van der Waals surface area contributed by atoms with E-state index in [4.69, 9.17) is 16.7 Å². The number of carboxylic acids is 1. The molecule has 0 spiro atoms. The summed E-state index contributed by atoms with van der Waals surface area (Å²) in [6.45, 7) is 0.354. The number of carbonyl (C=O) groups is 1. The number of rotatable bonds is 5. The number of aromatic nitrogens is 1. The van der Waals surface area contributed by atoms with Gasteiger partial charge in [0.1, 0.15) is 6.54 Å². The fourth-order valence-corrected chi connectivity index (χ4v) is 1.87. The van der Waals surface area contributed by atoms with E-state index in [1.54, 1.807) is 35.4 Å². The van der Waals surface area contributed by atoms with Crippen molar-refractivity contribution in [2.75, 3.05) is 11.4 Å². The molecule has 1 heterocycles. The zero-order valence-electron chi connectivity index (χ0n) is 10.2. The van der Waals surface area contributed by atoms with Crippen LogP contribution in [0.4, 0.5) is 5.69 Å². The van der Waals surface area contributed by atoms with Crippen LogP contribution in [0.3, 0.4) is 0 Å². The van der Waals surface area contributed by atoms with Crippen molar-refractivity contribution in [3.05, 3.63) is 59.4 Å². The van der Waals surface area contributed by atoms with Gasteiger partial charge in [0.05, 0.1) is 12.2 Å². The molecule has 2 rings (SSSR count). The van der Waals surface area contributed by atoms with Gasteiger partial charge in [-0.1, -0.05) is 17.7 Å². The molecule has 2 aromatic rings. The lowest BCUT2D eigenvalue weighted by Gasteiger charge is -2.22. The zero-order chi connectivity index (χ0) is 13.7. The lowest BCUT2D eigenvalue weighted by molar-refractivity contribution is -0.135. The maximum absolute atomic E-state index is 11.0.